The van der Waals surface area contributed by atoms with Gasteiger partial charge in [-0.1, -0.05) is 48.5 Å². The van der Waals surface area contributed by atoms with Gasteiger partial charge in [0.15, 0.2) is 0 Å². The number of rotatable bonds is 0. The number of amides is 4. The summed E-state index contributed by atoms with van der Waals surface area (Å²) in [6.45, 7) is 21.6. The maximum atomic E-state index is 13.7. The van der Waals surface area contributed by atoms with Crippen molar-refractivity contribution in [2.24, 2.45) is 0 Å². The van der Waals surface area contributed by atoms with Gasteiger partial charge in [0.25, 0.3) is 0 Å². The zero-order valence-electron chi connectivity index (χ0n) is 49.0. The molecule has 20 heteroatoms. The lowest BCUT2D eigenvalue weighted by atomic mass is 10.2. The summed E-state index contributed by atoms with van der Waals surface area (Å²) >= 11 is 0. The summed E-state index contributed by atoms with van der Waals surface area (Å²) in [5.41, 5.74) is 1.77. The summed E-state index contributed by atoms with van der Waals surface area (Å²) in [6, 6.07) is 50.5. The molecule has 4 N–H and O–H groups in total. The predicted octanol–water partition coefficient (Wildman–Crippen LogP) is 16.8. The molecule has 0 unspecified atom stereocenters. The number of hydrogen-bond acceptors (Lipinski definition) is 16. The van der Waals surface area contributed by atoms with E-state index >= 15 is 0 Å². The van der Waals surface area contributed by atoms with Crippen molar-refractivity contribution in [2.45, 2.75) is 105 Å². The van der Waals surface area contributed by atoms with E-state index < -0.39 is 46.8 Å². The van der Waals surface area contributed by atoms with E-state index in [9.17, 15) is 19.2 Å². The number of carbonyl (C=O) groups excluding carboxylic acids is 4. The molecule has 0 saturated carbocycles. The van der Waals surface area contributed by atoms with Crippen LogP contribution in [0.3, 0.4) is 0 Å². The highest BCUT2D eigenvalue weighted by Crippen LogP contribution is 2.38. The Labute approximate surface area is 488 Å². The van der Waals surface area contributed by atoms with Crippen molar-refractivity contribution in [3.05, 3.63) is 170 Å². The van der Waals surface area contributed by atoms with E-state index in [1.807, 2.05) is 72.8 Å². The Morgan fingerprint density at radius 2 is 0.500 bits per heavy atom. The summed E-state index contributed by atoms with van der Waals surface area (Å²) in [6.07, 6.45) is -2.50. The molecule has 20 nitrogen and oxygen atoms in total. The predicted molar refractivity (Wildman–Crippen MR) is 329 cm³/mol. The molecule has 0 spiro atoms. The molecule has 432 valence electrons. The highest BCUT2D eigenvalue weighted by molar-refractivity contribution is 6.01. The second-order valence-electron chi connectivity index (χ2n) is 23.5. The van der Waals surface area contributed by atoms with Crippen LogP contribution in [0.15, 0.2) is 170 Å². The molecule has 0 atom stereocenters. The highest BCUT2D eigenvalue weighted by atomic mass is 16.6. The molecule has 4 aromatic carbocycles. The van der Waals surface area contributed by atoms with E-state index in [-0.39, 0.29) is 0 Å². The number of fused-ring (bicyclic) bond motifs is 16. The number of benzene rings is 4. The van der Waals surface area contributed by atoms with E-state index in [1.165, 1.54) is 19.6 Å². The normalized spacial score (nSPS) is 13.0. The maximum Gasteiger partial charge on any atom is 0.420 e. The maximum absolute atomic E-state index is 13.7. The number of nitrogens with zero attached hydrogens (tertiary/aromatic N) is 8. The van der Waals surface area contributed by atoms with Crippen LogP contribution in [0.1, 0.15) is 83.1 Å². The van der Waals surface area contributed by atoms with Gasteiger partial charge in [-0.3, -0.25) is 0 Å². The van der Waals surface area contributed by atoms with Crippen LogP contribution < -0.4 is 40.9 Å². The third-order valence-electron chi connectivity index (χ3n) is 11.7. The molecule has 0 fully saturated rings. The number of hydrogen-bond donors (Lipinski definition) is 4. The Morgan fingerprint density at radius 1 is 0.298 bits per heavy atom. The molecular weight excluding hydrogens is 1060 g/mol. The van der Waals surface area contributed by atoms with E-state index in [4.69, 9.17) is 38.9 Å². The fourth-order valence-electron chi connectivity index (χ4n) is 8.51. The Balaban J connectivity index is 0.000000202. The largest absolute Gasteiger partial charge is 0.443 e. The van der Waals surface area contributed by atoms with Crippen molar-refractivity contribution in [3.63, 3.8) is 0 Å². The van der Waals surface area contributed by atoms with Crippen molar-refractivity contribution < 1.29 is 38.1 Å². The number of aromatic nitrogens is 4. The van der Waals surface area contributed by atoms with Crippen LogP contribution in [0.4, 0.5) is 111 Å². The fourth-order valence-corrected chi connectivity index (χ4v) is 8.51. The zero-order chi connectivity index (χ0) is 60.1. The molecule has 6 heterocycles. The highest BCUT2D eigenvalue weighted by Gasteiger charge is 2.33. The summed E-state index contributed by atoms with van der Waals surface area (Å²) in [5.74, 6) is 3.42. The second kappa shape index (κ2) is 23.7. The topological polar surface area (TPSA) is 218 Å². The monoisotopic (exact) mass is 1130 g/mol. The van der Waals surface area contributed by atoms with Gasteiger partial charge in [0.1, 0.15) is 68.9 Å². The van der Waals surface area contributed by atoms with Crippen LogP contribution >= 0.6 is 0 Å². The van der Waals surface area contributed by atoms with Gasteiger partial charge >= 0.3 is 24.4 Å². The lowest BCUT2D eigenvalue weighted by Gasteiger charge is -2.29. The van der Waals surface area contributed by atoms with Crippen molar-refractivity contribution >= 4 is 116 Å². The number of ether oxygens (including phenoxy) is 4. The van der Waals surface area contributed by atoms with Gasteiger partial charge in [0, 0.05) is 22.7 Å². The molecule has 4 amide bonds. The second-order valence-corrected chi connectivity index (χ2v) is 23.5. The first kappa shape index (κ1) is 58.4. The molecule has 10 rings (SSSR count). The molecule has 2 aliphatic heterocycles. The van der Waals surface area contributed by atoms with Gasteiger partial charge in [-0.2, -0.15) is 0 Å². The van der Waals surface area contributed by atoms with Crippen LogP contribution in [0.25, 0.3) is 0 Å². The van der Waals surface area contributed by atoms with Gasteiger partial charge in [0.05, 0.1) is 22.7 Å². The first-order chi connectivity index (χ1) is 39.7. The van der Waals surface area contributed by atoms with Crippen LogP contribution in [0.2, 0.25) is 0 Å². The van der Waals surface area contributed by atoms with Crippen molar-refractivity contribution in [2.75, 3.05) is 40.9 Å². The van der Waals surface area contributed by atoms with Crippen molar-refractivity contribution in [3.8, 4) is 0 Å². The molecular formula is C64H68N12O8. The van der Waals surface area contributed by atoms with Crippen LogP contribution in [-0.2, 0) is 18.9 Å². The third kappa shape index (κ3) is 15.2. The zero-order valence-corrected chi connectivity index (χ0v) is 49.0. The average Bonchev–Trinajstić information content (AvgIpc) is 3.60. The van der Waals surface area contributed by atoms with E-state index in [1.54, 1.807) is 180 Å². The first-order valence-electron chi connectivity index (χ1n) is 27.2. The fraction of sp³-hybridized carbons (Fsp3) is 0.250. The molecule has 0 saturated heterocycles. The number of pyridine rings is 4. The smallest absolute Gasteiger partial charge is 0.420 e. The molecule has 84 heavy (non-hydrogen) atoms. The molecule has 2 aliphatic rings. The number of nitrogens with one attached hydrogen (secondary N) is 4. The SMILES string of the molecule is CC(C)(C)OC(=O)N1c2cccc(c2)N(C(=O)OC(C)(C)C)c2cccc(n2)Nc2cccc(c2)Nc2cccc1n2.CC(C)(C)OC(=O)N1c2cccc(c2)N(C(=O)OC(C)(C)C)c2cccc(n2)Nc2cccc(c2)Nc2cccc1n2. The van der Waals surface area contributed by atoms with Crippen LogP contribution in [0.5, 0.6) is 0 Å². The van der Waals surface area contributed by atoms with Gasteiger partial charge < -0.3 is 40.2 Å². The summed E-state index contributed by atoms with van der Waals surface area (Å²) < 4.78 is 23.2. The minimum absolute atomic E-state index is 0.330. The average molecular weight is 1130 g/mol. The molecule has 16 bridgehead atoms. The van der Waals surface area contributed by atoms with Gasteiger partial charge in [0.2, 0.25) is 0 Å². The molecule has 0 aliphatic carbocycles. The number of carbonyl (C=O) groups is 4. The van der Waals surface area contributed by atoms with Crippen molar-refractivity contribution in [1.29, 1.82) is 0 Å². The van der Waals surface area contributed by atoms with E-state index in [0.29, 0.717) is 69.3 Å². The molecule has 8 aromatic rings. The van der Waals surface area contributed by atoms with Gasteiger partial charge in [-0.15, -0.1) is 0 Å². The standard InChI is InChI=1S/2C32H34N6O4/c2*1-31(2,3)41-29(39)37-23-13-8-14-24(20-23)38(30(40)42-32(4,5)6)28-18-10-16-26(36-28)34-22-12-7-11-21(19-22)33-25-15-9-17-27(37)35-25/h2*7-20H,1-6H3,(H,33,35)(H,34,36). The summed E-state index contributed by atoms with van der Waals surface area (Å²) in [7, 11) is 0. The van der Waals surface area contributed by atoms with Crippen molar-refractivity contribution in [1.82, 2.24) is 19.9 Å². The summed E-state index contributed by atoms with van der Waals surface area (Å²) in [4.78, 5) is 79.2. The van der Waals surface area contributed by atoms with Crippen LogP contribution in [-0.4, -0.2) is 66.7 Å². The lowest BCUT2D eigenvalue weighted by Crippen LogP contribution is -2.35. The number of anilines is 16. The Bertz CT molecular complexity index is 3270. The summed E-state index contributed by atoms with van der Waals surface area (Å²) in [5, 5.41) is 13.2. The van der Waals surface area contributed by atoms with Gasteiger partial charge in [-0.25, -0.2) is 58.7 Å². The first-order valence-corrected chi connectivity index (χ1v) is 27.2. The van der Waals surface area contributed by atoms with E-state index in [2.05, 4.69) is 21.3 Å². The quantitative estimate of drug-likeness (QED) is 0.104. The Hall–Kier alpha value is -10.2. The molecule has 4 aromatic heterocycles. The van der Waals surface area contributed by atoms with E-state index in [0.717, 1.165) is 22.7 Å². The van der Waals surface area contributed by atoms with Gasteiger partial charge in [-0.05, 0) is 204 Å². The Kier molecular flexibility index (Phi) is 16.5. The Morgan fingerprint density at radius 3 is 0.714 bits per heavy atom. The third-order valence-corrected chi connectivity index (χ3v) is 11.7. The van der Waals surface area contributed by atoms with Crippen LogP contribution in [0, 0.1) is 0 Å². The minimum Gasteiger partial charge on any atom is -0.443 e. The lowest BCUT2D eigenvalue weighted by molar-refractivity contribution is 0.0585. The minimum atomic E-state index is -0.764. The molecule has 0 radical (unpaired) electrons.